The molecule has 1 aliphatic heterocycles. The van der Waals surface area contributed by atoms with Gasteiger partial charge >= 0.3 is 0 Å². The summed E-state index contributed by atoms with van der Waals surface area (Å²) >= 11 is 0. The highest BCUT2D eigenvalue weighted by Crippen LogP contribution is 2.23. The zero-order chi connectivity index (χ0) is 11.7. The summed E-state index contributed by atoms with van der Waals surface area (Å²) in [7, 11) is 0. The number of carbonyl (C=O) groups is 1. The van der Waals surface area contributed by atoms with Crippen LogP contribution >= 0.6 is 0 Å². The lowest BCUT2D eigenvalue weighted by atomic mass is 10.2. The van der Waals surface area contributed by atoms with Crippen molar-refractivity contribution in [3.8, 4) is 0 Å². The van der Waals surface area contributed by atoms with Crippen LogP contribution in [-0.2, 0) is 11.2 Å². The molecular weight excluding hydrogens is 202 g/mol. The van der Waals surface area contributed by atoms with Crippen LogP contribution in [0.5, 0.6) is 0 Å². The number of anilines is 1. The molecule has 2 N–H and O–H groups in total. The highest BCUT2D eigenvalue weighted by Gasteiger charge is 2.30. The summed E-state index contributed by atoms with van der Waals surface area (Å²) in [5.74, 6) is 0.876. The Balaban J connectivity index is 2.39. The van der Waals surface area contributed by atoms with Crippen LogP contribution in [0.3, 0.4) is 0 Å². The predicted molar refractivity (Wildman–Crippen MR) is 63.3 cm³/mol. The van der Waals surface area contributed by atoms with Gasteiger partial charge < -0.3 is 5.73 Å². The molecule has 1 unspecified atom stereocenters. The van der Waals surface area contributed by atoms with Crippen LogP contribution in [0.25, 0.3) is 0 Å². The molecule has 0 saturated carbocycles. The Morgan fingerprint density at radius 1 is 1.56 bits per heavy atom. The number of hydrogen-bond donors (Lipinski definition) is 1. The Morgan fingerprint density at radius 2 is 2.31 bits per heavy atom. The molecule has 1 aromatic heterocycles. The lowest BCUT2D eigenvalue weighted by Gasteiger charge is -2.18. The summed E-state index contributed by atoms with van der Waals surface area (Å²) in [4.78, 5) is 17.9. The summed E-state index contributed by atoms with van der Waals surface area (Å²) < 4.78 is 0. The van der Waals surface area contributed by atoms with Crippen molar-refractivity contribution in [1.82, 2.24) is 4.98 Å². The number of aryl methyl sites for hydroxylation is 2. The molecule has 1 atom stereocenters. The fraction of sp³-hybridized carbons (Fsp3) is 0.500. The van der Waals surface area contributed by atoms with E-state index >= 15 is 0 Å². The Bertz CT molecular complexity index is 417. The standard InChI is InChI=1S/C12H17N3O/c1-3-9-5-4-8(2)14-12(9)15-7-10(13)6-11(15)16/h4-5,10H,3,6-7,13H2,1-2H3. The van der Waals surface area contributed by atoms with E-state index in [9.17, 15) is 4.79 Å². The van der Waals surface area contributed by atoms with E-state index in [1.165, 1.54) is 0 Å². The molecule has 0 radical (unpaired) electrons. The fourth-order valence-electron chi connectivity index (χ4n) is 2.02. The van der Waals surface area contributed by atoms with E-state index in [0.717, 1.165) is 23.5 Å². The third-order valence-corrected chi connectivity index (χ3v) is 2.89. The number of pyridine rings is 1. The molecule has 16 heavy (non-hydrogen) atoms. The van der Waals surface area contributed by atoms with E-state index in [2.05, 4.69) is 11.9 Å². The van der Waals surface area contributed by atoms with Crippen molar-refractivity contribution < 1.29 is 4.79 Å². The topological polar surface area (TPSA) is 59.2 Å². The molecule has 1 saturated heterocycles. The van der Waals surface area contributed by atoms with Gasteiger partial charge in [-0.15, -0.1) is 0 Å². The van der Waals surface area contributed by atoms with Crippen molar-refractivity contribution in [2.75, 3.05) is 11.4 Å². The van der Waals surface area contributed by atoms with Gasteiger partial charge in [0.1, 0.15) is 5.82 Å². The first-order valence-corrected chi connectivity index (χ1v) is 5.64. The molecule has 0 bridgehead atoms. The van der Waals surface area contributed by atoms with Crippen molar-refractivity contribution in [3.63, 3.8) is 0 Å². The maximum Gasteiger partial charge on any atom is 0.229 e. The van der Waals surface area contributed by atoms with Gasteiger partial charge in [-0.1, -0.05) is 13.0 Å². The number of aromatic nitrogens is 1. The van der Waals surface area contributed by atoms with Crippen LogP contribution in [0.2, 0.25) is 0 Å². The summed E-state index contributed by atoms with van der Waals surface area (Å²) in [5, 5.41) is 0. The van der Waals surface area contributed by atoms with E-state index in [-0.39, 0.29) is 11.9 Å². The zero-order valence-electron chi connectivity index (χ0n) is 9.73. The van der Waals surface area contributed by atoms with Gasteiger partial charge in [0.05, 0.1) is 0 Å². The van der Waals surface area contributed by atoms with Crippen LogP contribution in [0.4, 0.5) is 5.82 Å². The first-order chi connectivity index (χ1) is 7.61. The minimum absolute atomic E-state index is 0.0560. The summed E-state index contributed by atoms with van der Waals surface area (Å²) in [5.41, 5.74) is 7.83. The number of rotatable bonds is 2. The van der Waals surface area contributed by atoms with E-state index in [4.69, 9.17) is 5.73 Å². The molecule has 2 heterocycles. The molecule has 0 spiro atoms. The van der Waals surface area contributed by atoms with Gasteiger partial charge in [-0.2, -0.15) is 0 Å². The van der Waals surface area contributed by atoms with Crippen molar-refractivity contribution >= 4 is 11.7 Å². The van der Waals surface area contributed by atoms with Crippen LogP contribution in [0, 0.1) is 6.92 Å². The third-order valence-electron chi connectivity index (χ3n) is 2.89. The normalized spacial score (nSPS) is 20.6. The molecular formula is C12H17N3O. The van der Waals surface area contributed by atoms with Gasteiger partial charge in [-0.05, 0) is 25.0 Å². The molecule has 4 nitrogen and oxygen atoms in total. The van der Waals surface area contributed by atoms with Gasteiger partial charge in [0.15, 0.2) is 0 Å². The first-order valence-electron chi connectivity index (χ1n) is 5.64. The molecule has 0 aliphatic carbocycles. The summed E-state index contributed by atoms with van der Waals surface area (Å²) in [6, 6.07) is 3.96. The van der Waals surface area contributed by atoms with Crippen LogP contribution < -0.4 is 10.6 Å². The van der Waals surface area contributed by atoms with Crippen LogP contribution in [0.15, 0.2) is 12.1 Å². The maximum absolute atomic E-state index is 11.8. The molecule has 1 aliphatic rings. The van der Waals surface area contributed by atoms with Gasteiger partial charge in [-0.3, -0.25) is 9.69 Å². The Hall–Kier alpha value is -1.42. The molecule has 1 fully saturated rings. The number of nitrogens with two attached hydrogens (primary N) is 1. The second kappa shape index (κ2) is 4.22. The van der Waals surface area contributed by atoms with Crippen molar-refractivity contribution in [2.24, 2.45) is 5.73 Å². The minimum atomic E-state index is -0.0560. The van der Waals surface area contributed by atoms with E-state index in [1.807, 2.05) is 19.1 Å². The molecule has 1 amide bonds. The largest absolute Gasteiger partial charge is 0.326 e. The van der Waals surface area contributed by atoms with Crippen molar-refractivity contribution in [3.05, 3.63) is 23.4 Å². The zero-order valence-corrected chi connectivity index (χ0v) is 9.73. The average molecular weight is 219 g/mol. The average Bonchev–Trinajstić information content (AvgIpc) is 2.57. The maximum atomic E-state index is 11.8. The second-order valence-electron chi connectivity index (χ2n) is 4.26. The minimum Gasteiger partial charge on any atom is -0.326 e. The SMILES string of the molecule is CCc1ccc(C)nc1N1CC(N)CC1=O. The number of carbonyl (C=O) groups excluding carboxylic acids is 1. The van der Waals surface area contributed by atoms with Crippen LogP contribution in [-0.4, -0.2) is 23.5 Å². The van der Waals surface area contributed by atoms with Crippen molar-refractivity contribution in [2.45, 2.75) is 32.7 Å². The van der Waals surface area contributed by atoms with Crippen molar-refractivity contribution in [1.29, 1.82) is 0 Å². The highest BCUT2D eigenvalue weighted by atomic mass is 16.2. The molecule has 86 valence electrons. The van der Waals surface area contributed by atoms with Gasteiger partial charge in [0.25, 0.3) is 0 Å². The van der Waals surface area contributed by atoms with Gasteiger partial charge in [0, 0.05) is 24.7 Å². The molecule has 1 aromatic rings. The number of amides is 1. The smallest absolute Gasteiger partial charge is 0.229 e. The fourth-order valence-corrected chi connectivity index (χ4v) is 2.02. The second-order valence-corrected chi connectivity index (χ2v) is 4.26. The van der Waals surface area contributed by atoms with Gasteiger partial charge in [0.2, 0.25) is 5.91 Å². The predicted octanol–water partition coefficient (Wildman–Crippen LogP) is 1.02. The number of hydrogen-bond acceptors (Lipinski definition) is 3. The third kappa shape index (κ3) is 1.93. The quantitative estimate of drug-likeness (QED) is 0.807. The van der Waals surface area contributed by atoms with E-state index < -0.39 is 0 Å². The first kappa shape index (κ1) is 11.1. The van der Waals surface area contributed by atoms with E-state index in [1.54, 1.807) is 4.90 Å². The lowest BCUT2D eigenvalue weighted by Crippen LogP contribution is -2.29. The molecule has 0 aromatic carbocycles. The number of nitrogens with zero attached hydrogens (tertiary/aromatic N) is 2. The van der Waals surface area contributed by atoms with E-state index in [0.29, 0.717) is 13.0 Å². The Kier molecular flexibility index (Phi) is 2.92. The lowest BCUT2D eigenvalue weighted by molar-refractivity contribution is -0.117. The highest BCUT2D eigenvalue weighted by molar-refractivity contribution is 5.96. The Labute approximate surface area is 95.5 Å². The monoisotopic (exact) mass is 219 g/mol. The summed E-state index contributed by atoms with van der Waals surface area (Å²) in [6.07, 6.45) is 1.31. The summed E-state index contributed by atoms with van der Waals surface area (Å²) in [6.45, 7) is 4.59. The Morgan fingerprint density at radius 3 is 2.88 bits per heavy atom. The van der Waals surface area contributed by atoms with Gasteiger partial charge in [-0.25, -0.2) is 4.98 Å². The molecule has 2 rings (SSSR count). The molecule has 4 heteroatoms. The van der Waals surface area contributed by atoms with Crippen LogP contribution in [0.1, 0.15) is 24.6 Å².